The van der Waals surface area contributed by atoms with Crippen molar-refractivity contribution in [2.24, 2.45) is 0 Å². The minimum atomic E-state index is -1.09. The van der Waals surface area contributed by atoms with Gasteiger partial charge >= 0.3 is 17.8 Å². The second-order valence-electron chi connectivity index (χ2n) is 10.4. The Balaban J connectivity index is 1.48. The molecule has 0 aliphatic rings. The van der Waals surface area contributed by atoms with Crippen LogP contribution in [0.2, 0.25) is 5.02 Å². The zero-order valence-electron chi connectivity index (χ0n) is 23.3. The van der Waals surface area contributed by atoms with Crippen molar-refractivity contribution in [1.29, 1.82) is 0 Å². The van der Waals surface area contributed by atoms with Gasteiger partial charge in [0.15, 0.2) is 0 Å². The summed E-state index contributed by atoms with van der Waals surface area (Å²) in [7, 11) is 0. The van der Waals surface area contributed by atoms with Gasteiger partial charge in [-0.25, -0.2) is 9.78 Å². The molecule has 4 rings (SSSR count). The molecule has 3 aromatic carbocycles. The fourth-order valence-electron chi connectivity index (χ4n) is 3.95. The van der Waals surface area contributed by atoms with Crippen molar-refractivity contribution in [2.45, 2.75) is 38.8 Å². The second kappa shape index (κ2) is 13.1. The van der Waals surface area contributed by atoms with E-state index in [0.717, 1.165) is 5.56 Å². The van der Waals surface area contributed by atoms with Gasteiger partial charge in [0.1, 0.15) is 11.6 Å². The molecule has 216 valence electrons. The normalized spacial score (nSPS) is 11.7. The molecule has 42 heavy (non-hydrogen) atoms. The van der Waals surface area contributed by atoms with Crippen LogP contribution in [-0.4, -0.2) is 44.9 Å². The molecule has 0 fully saturated rings. The third-order valence-electron chi connectivity index (χ3n) is 5.89. The Morgan fingerprint density at radius 3 is 2.29 bits per heavy atom. The average molecular weight is 588 g/mol. The lowest BCUT2D eigenvalue weighted by molar-refractivity contribution is -0.137. The fourth-order valence-corrected chi connectivity index (χ4v) is 4.13. The van der Waals surface area contributed by atoms with E-state index in [1.54, 1.807) is 68.3 Å². The van der Waals surface area contributed by atoms with E-state index < -0.39 is 35.3 Å². The highest BCUT2D eigenvalue weighted by molar-refractivity contribution is 6.40. The number of nitrogens with one attached hydrogen (secondary N) is 3. The molecular weight excluding hydrogens is 558 g/mol. The smallest absolute Gasteiger partial charge is 0.338 e. The molecule has 0 saturated heterocycles. The maximum Gasteiger partial charge on any atom is 0.338 e. The summed E-state index contributed by atoms with van der Waals surface area (Å²) in [4.78, 5) is 55.6. The molecule has 0 spiro atoms. The maximum atomic E-state index is 13.3. The molecule has 1 atom stereocenters. The maximum absolute atomic E-state index is 13.3. The number of hydrogen-bond acceptors (Lipinski definition) is 6. The van der Waals surface area contributed by atoms with Crippen molar-refractivity contribution < 1.29 is 23.9 Å². The van der Waals surface area contributed by atoms with Crippen LogP contribution in [0.5, 0.6) is 0 Å². The number of esters is 1. The van der Waals surface area contributed by atoms with Crippen molar-refractivity contribution in [3.05, 3.63) is 108 Å². The van der Waals surface area contributed by atoms with Crippen molar-refractivity contribution in [1.82, 2.24) is 14.9 Å². The molecule has 0 bridgehead atoms. The van der Waals surface area contributed by atoms with Crippen LogP contribution in [0.4, 0.5) is 11.4 Å². The lowest BCUT2D eigenvalue weighted by Crippen LogP contribution is -2.49. The molecule has 3 N–H and O–H groups in total. The van der Waals surface area contributed by atoms with Crippen molar-refractivity contribution in [3.8, 4) is 5.69 Å². The van der Waals surface area contributed by atoms with Gasteiger partial charge in [0.2, 0.25) is 5.91 Å². The zero-order valence-corrected chi connectivity index (χ0v) is 24.0. The minimum Gasteiger partial charge on any atom is -0.456 e. The van der Waals surface area contributed by atoms with Crippen molar-refractivity contribution in [2.75, 3.05) is 10.6 Å². The third-order valence-corrected chi connectivity index (χ3v) is 6.12. The number of anilines is 2. The van der Waals surface area contributed by atoms with E-state index in [1.165, 1.54) is 18.2 Å². The Kier molecular flexibility index (Phi) is 9.39. The number of ether oxygens (including phenoxy) is 1. The van der Waals surface area contributed by atoms with E-state index in [9.17, 15) is 19.2 Å². The van der Waals surface area contributed by atoms with Gasteiger partial charge < -0.3 is 25.3 Å². The van der Waals surface area contributed by atoms with Crippen LogP contribution in [-0.2, 0) is 25.5 Å². The van der Waals surface area contributed by atoms with E-state index in [-0.39, 0.29) is 12.1 Å². The average Bonchev–Trinajstić information content (AvgIpc) is 3.47. The number of nitrogens with zero attached hydrogens (tertiary/aromatic N) is 2. The second-order valence-corrected chi connectivity index (χ2v) is 10.8. The summed E-state index contributed by atoms with van der Waals surface area (Å²) in [5, 5.41) is 8.21. The van der Waals surface area contributed by atoms with Crippen LogP contribution in [0.1, 0.15) is 36.7 Å². The molecule has 4 aromatic rings. The van der Waals surface area contributed by atoms with Gasteiger partial charge in [-0.05, 0) is 68.8 Å². The monoisotopic (exact) mass is 587 g/mol. The predicted molar refractivity (Wildman–Crippen MR) is 160 cm³/mol. The zero-order chi connectivity index (χ0) is 30.3. The SMILES string of the molecule is CC(C)(C)OC(=O)c1ccc(NC(=O)[C@H](Cc2ccccc2)NC(=O)C(=O)Nc2cc(Cl)ccc2-n2ccnc2)cc1. The Bertz CT molecular complexity index is 1570. The number of hydrogen-bond donors (Lipinski definition) is 3. The molecule has 0 unspecified atom stereocenters. The Labute approximate surface area is 248 Å². The quantitative estimate of drug-likeness (QED) is 0.201. The predicted octanol–water partition coefficient (Wildman–Crippen LogP) is 4.79. The summed E-state index contributed by atoms with van der Waals surface area (Å²) in [6, 6.07) is 19.0. The van der Waals surface area contributed by atoms with E-state index in [4.69, 9.17) is 16.3 Å². The molecule has 1 aromatic heterocycles. The first-order chi connectivity index (χ1) is 20.0. The topological polar surface area (TPSA) is 131 Å². The van der Waals surface area contributed by atoms with Gasteiger partial charge in [0.25, 0.3) is 0 Å². The Hall–Kier alpha value is -4.96. The first kappa shape index (κ1) is 30.0. The number of carbonyl (C=O) groups excluding carboxylic acids is 4. The fraction of sp³-hybridized carbons (Fsp3) is 0.194. The van der Waals surface area contributed by atoms with E-state index >= 15 is 0 Å². The van der Waals surface area contributed by atoms with Crippen LogP contribution < -0.4 is 16.0 Å². The largest absolute Gasteiger partial charge is 0.456 e. The van der Waals surface area contributed by atoms with E-state index in [0.29, 0.717) is 22.0 Å². The van der Waals surface area contributed by atoms with Crippen LogP contribution in [0.15, 0.2) is 91.5 Å². The molecular formula is C31H30ClN5O5. The van der Waals surface area contributed by atoms with Crippen LogP contribution in [0.25, 0.3) is 5.69 Å². The van der Waals surface area contributed by atoms with Crippen LogP contribution in [0.3, 0.4) is 0 Å². The molecule has 0 aliphatic heterocycles. The highest BCUT2D eigenvalue weighted by Crippen LogP contribution is 2.24. The number of aromatic nitrogens is 2. The summed E-state index contributed by atoms with van der Waals surface area (Å²) in [5.41, 5.74) is 1.68. The third kappa shape index (κ3) is 8.28. The molecule has 0 saturated carbocycles. The summed E-state index contributed by atoms with van der Waals surface area (Å²) in [5.74, 6) is -3.03. The number of imidazole rings is 1. The van der Waals surface area contributed by atoms with E-state index in [1.807, 2.05) is 30.3 Å². The first-order valence-corrected chi connectivity index (χ1v) is 13.4. The minimum absolute atomic E-state index is 0.124. The molecule has 0 radical (unpaired) electrons. The van der Waals surface area contributed by atoms with Gasteiger partial charge in [0.05, 0.1) is 23.3 Å². The summed E-state index contributed by atoms with van der Waals surface area (Å²) in [6.07, 6.45) is 4.92. The molecule has 11 heteroatoms. The molecule has 1 heterocycles. The number of carbonyl (C=O) groups is 4. The summed E-state index contributed by atoms with van der Waals surface area (Å²) >= 11 is 6.13. The van der Waals surface area contributed by atoms with Crippen LogP contribution >= 0.6 is 11.6 Å². The number of rotatable bonds is 8. The summed E-state index contributed by atoms with van der Waals surface area (Å²) in [6.45, 7) is 5.32. The molecule has 0 aliphatic carbocycles. The number of halogens is 1. The number of benzene rings is 3. The summed E-state index contributed by atoms with van der Waals surface area (Å²) < 4.78 is 7.03. The molecule has 3 amide bonds. The lowest BCUT2D eigenvalue weighted by atomic mass is 10.0. The lowest BCUT2D eigenvalue weighted by Gasteiger charge is -2.20. The Morgan fingerprint density at radius 2 is 1.64 bits per heavy atom. The standard InChI is InChI=1S/C31H30ClN5O5/c1-31(2,3)42-30(41)21-9-12-23(13-10-21)34-27(38)25(17-20-7-5-4-6-8-20)36-29(40)28(39)35-24-18-22(32)11-14-26(24)37-16-15-33-19-37/h4-16,18-19,25H,17H2,1-3H3,(H,34,38)(H,35,39)(H,36,40)/t25-/m0/s1. The highest BCUT2D eigenvalue weighted by atomic mass is 35.5. The Morgan fingerprint density at radius 1 is 0.929 bits per heavy atom. The van der Waals surface area contributed by atoms with E-state index in [2.05, 4.69) is 20.9 Å². The van der Waals surface area contributed by atoms with Crippen molar-refractivity contribution in [3.63, 3.8) is 0 Å². The van der Waals surface area contributed by atoms with Gasteiger partial charge in [-0.15, -0.1) is 0 Å². The van der Waals surface area contributed by atoms with Crippen molar-refractivity contribution >= 4 is 46.7 Å². The first-order valence-electron chi connectivity index (χ1n) is 13.1. The van der Waals surface area contributed by atoms with Gasteiger partial charge in [0, 0.05) is 29.5 Å². The van der Waals surface area contributed by atoms with Crippen LogP contribution in [0, 0.1) is 0 Å². The van der Waals surface area contributed by atoms with Gasteiger partial charge in [-0.2, -0.15) is 0 Å². The highest BCUT2D eigenvalue weighted by Gasteiger charge is 2.26. The van der Waals surface area contributed by atoms with Gasteiger partial charge in [-0.3, -0.25) is 14.4 Å². The van der Waals surface area contributed by atoms with Gasteiger partial charge in [-0.1, -0.05) is 41.9 Å². The molecule has 10 nitrogen and oxygen atoms in total. The number of amides is 3.